The van der Waals surface area contributed by atoms with Gasteiger partial charge in [0.15, 0.2) is 0 Å². The molecular weight excluding hydrogens is 326 g/mol. The van der Waals surface area contributed by atoms with Crippen molar-refractivity contribution in [3.05, 3.63) is 69.7 Å². The van der Waals surface area contributed by atoms with Crippen LogP contribution in [-0.4, -0.2) is 11.7 Å². The highest BCUT2D eigenvalue weighted by Crippen LogP contribution is 2.34. The molecule has 2 rings (SSSR count). The molecule has 2 nitrogen and oxygen atoms in total. The van der Waals surface area contributed by atoms with Crippen molar-refractivity contribution in [1.29, 1.82) is 0 Å². The van der Waals surface area contributed by atoms with Crippen molar-refractivity contribution in [2.24, 2.45) is 5.73 Å². The van der Waals surface area contributed by atoms with Crippen LogP contribution >= 0.6 is 15.9 Å². The summed E-state index contributed by atoms with van der Waals surface area (Å²) in [4.78, 5) is 0. The molecule has 0 aliphatic carbocycles. The summed E-state index contributed by atoms with van der Waals surface area (Å²) in [6.07, 6.45) is -0.602. The van der Waals surface area contributed by atoms with Gasteiger partial charge in [-0.25, -0.2) is 0 Å². The Morgan fingerprint density at radius 2 is 1.57 bits per heavy atom. The molecule has 0 saturated heterocycles. The molecule has 2 aromatic carbocycles. The Morgan fingerprint density at radius 1 is 1.00 bits per heavy atom. The van der Waals surface area contributed by atoms with Gasteiger partial charge in [0.25, 0.3) is 0 Å². The summed E-state index contributed by atoms with van der Waals surface area (Å²) in [5.74, 6) is 0.371. The Kier molecular flexibility index (Phi) is 5.57. The van der Waals surface area contributed by atoms with E-state index >= 15 is 0 Å². The number of hydrogen-bond donors (Lipinski definition) is 2. The topological polar surface area (TPSA) is 46.2 Å². The Balaban J connectivity index is 2.28. The zero-order valence-electron chi connectivity index (χ0n) is 12.5. The first-order valence-corrected chi connectivity index (χ1v) is 8.06. The molecular formula is C18H22BrNO. The van der Waals surface area contributed by atoms with E-state index in [2.05, 4.69) is 41.9 Å². The lowest BCUT2D eigenvalue weighted by molar-refractivity contribution is 0.147. The van der Waals surface area contributed by atoms with Gasteiger partial charge in [0.05, 0.1) is 6.10 Å². The van der Waals surface area contributed by atoms with E-state index in [0.717, 1.165) is 15.6 Å². The number of benzene rings is 2. The standard InChI is InChI=1S/C18H22BrNO/c1-12(2)13-7-9-14(10-8-13)18(21)16(11-20)15-5-3-4-6-17(15)19/h3-10,12,16,18,21H,11,20H2,1-2H3. The number of aliphatic hydroxyl groups is 1. The predicted molar refractivity (Wildman–Crippen MR) is 91.4 cm³/mol. The Labute approximate surface area is 135 Å². The van der Waals surface area contributed by atoms with Gasteiger partial charge < -0.3 is 10.8 Å². The monoisotopic (exact) mass is 347 g/mol. The van der Waals surface area contributed by atoms with E-state index in [1.165, 1.54) is 5.56 Å². The van der Waals surface area contributed by atoms with Crippen molar-refractivity contribution >= 4 is 15.9 Å². The fraction of sp³-hybridized carbons (Fsp3) is 0.333. The highest BCUT2D eigenvalue weighted by Gasteiger charge is 2.23. The second kappa shape index (κ2) is 7.21. The lowest BCUT2D eigenvalue weighted by atomic mass is 9.88. The van der Waals surface area contributed by atoms with Crippen molar-refractivity contribution < 1.29 is 5.11 Å². The highest BCUT2D eigenvalue weighted by molar-refractivity contribution is 9.10. The molecule has 0 saturated carbocycles. The number of hydrogen-bond acceptors (Lipinski definition) is 2. The van der Waals surface area contributed by atoms with Gasteiger partial charge >= 0.3 is 0 Å². The van der Waals surface area contributed by atoms with E-state index < -0.39 is 6.10 Å². The van der Waals surface area contributed by atoms with E-state index in [1.807, 2.05) is 36.4 Å². The number of halogens is 1. The van der Waals surface area contributed by atoms with E-state index in [9.17, 15) is 5.11 Å². The van der Waals surface area contributed by atoms with Gasteiger partial charge in [-0.1, -0.05) is 72.2 Å². The fourth-order valence-electron chi connectivity index (χ4n) is 2.51. The second-order valence-electron chi connectivity index (χ2n) is 5.63. The van der Waals surface area contributed by atoms with Gasteiger partial charge in [0.2, 0.25) is 0 Å². The van der Waals surface area contributed by atoms with Crippen LogP contribution in [0.5, 0.6) is 0 Å². The summed E-state index contributed by atoms with van der Waals surface area (Å²) in [6.45, 7) is 4.72. The smallest absolute Gasteiger partial charge is 0.0871 e. The first kappa shape index (κ1) is 16.2. The first-order valence-electron chi connectivity index (χ1n) is 7.27. The normalized spacial score (nSPS) is 14.2. The number of rotatable bonds is 5. The summed E-state index contributed by atoms with van der Waals surface area (Å²) < 4.78 is 0.985. The van der Waals surface area contributed by atoms with Crippen LogP contribution in [0.2, 0.25) is 0 Å². The summed E-state index contributed by atoms with van der Waals surface area (Å²) in [5, 5.41) is 10.7. The van der Waals surface area contributed by atoms with E-state index in [1.54, 1.807) is 0 Å². The number of aliphatic hydroxyl groups excluding tert-OH is 1. The second-order valence-corrected chi connectivity index (χ2v) is 6.48. The van der Waals surface area contributed by atoms with Crippen LogP contribution < -0.4 is 5.73 Å². The Morgan fingerprint density at radius 3 is 2.10 bits per heavy atom. The zero-order chi connectivity index (χ0) is 15.4. The molecule has 0 heterocycles. The van der Waals surface area contributed by atoms with Crippen LogP contribution in [0.25, 0.3) is 0 Å². The summed E-state index contributed by atoms with van der Waals surface area (Å²) in [6, 6.07) is 16.1. The van der Waals surface area contributed by atoms with Crippen molar-refractivity contribution in [2.45, 2.75) is 31.8 Å². The summed E-state index contributed by atoms with van der Waals surface area (Å²) >= 11 is 3.54. The highest BCUT2D eigenvalue weighted by atomic mass is 79.9. The maximum atomic E-state index is 10.7. The molecule has 2 atom stereocenters. The van der Waals surface area contributed by atoms with Crippen molar-refractivity contribution in [3.8, 4) is 0 Å². The molecule has 0 aliphatic heterocycles. The molecule has 0 radical (unpaired) electrons. The van der Waals surface area contributed by atoms with Crippen LogP contribution in [0, 0.1) is 0 Å². The largest absolute Gasteiger partial charge is 0.388 e. The van der Waals surface area contributed by atoms with E-state index in [0.29, 0.717) is 12.5 Å². The maximum absolute atomic E-state index is 10.7. The molecule has 3 N–H and O–H groups in total. The molecule has 112 valence electrons. The number of nitrogens with two attached hydrogens (primary N) is 1. The van der Waals surface area contributed by atoms with Crippen LogP contribution in [0.4, 0.5) is 0 Å². The third kappa shape index (κ3) is 3.73. The van der Waals surface area contributed by atoms with Gasteiger partial charge in [-0.3, -0.25) is 0 Å². The SMILES string of the molecule is CC(C)c1ccc(C(O)C(CN)c2ccccc2Br)cc1. The fourth-order valence-corrected chi connectivity index (χ4v) is 3.09. The molecule has 0 spiro atoms. The van der Waals surface area contributed by atoms with Crippen LogP contribution in [-0.2, 0) is 0 Å². The molecule has 0 amide bonds. The van der Waals surface area contributed by atoms with Gasteiger partial charge in [-0.15, -0.1) is 0 Å². The van der Waals surface area contributed by atoms with Gasteiger partial charge in [0.1, 0.15) is 0 Å². The van der Waals surface area contributed by atoms with E-state index in [-0.39, 0.29) is 5.92 Å². The van der Waals surface area contributed by atoms with E-state index in [4.69, 9.17) is 5.73 Å². The van der Waals surface area contributed by atoms with Crippen molar-refractivity contribution in [2.75, 3.05) is 6.54 Å². The van der Waals surface area contributed by atoms with Crippen LogP contribution in [0.15, 0.2) is 53.0 Å². The van der Waals surface area contributed by atoms with Gasteiger partial charge in [0, 0.05) is 16.9 Å². The third-order valence-electron chi connectivity index (χ3n) is 3.88. The molecule has 2 aromatic rings. The lowest BCUT2D eigenvalue weighted by Gasteiger charge is -2.23. The minimum atomic E-state index is -0.602. The molecule has 0 bridgehead atoms. The molecule has 3 heteroatoms. The zero-order valence-corrected chi connectivity index (χ0v) is 14.0. The lowest BCUT2D eigenvalue weighted by Crippen LogP contribution is -2.20. The quantitative estimate of drug-likeness (QED) is 0.844. The van der Waals surface area contributed by atoms with Crippen molar-refractivity contribution in [3.63, 3.8) is 0 Å². The molecule has 21 heavy (non-hydrogen) atoms. The minimum absolute atomic E-state index is 0.120. The third-order valence-corrected chi connectivity index (χ3v) is 4.61. The molecule has 0 aromatic heterocycles. The first-order chi connectivity index (χ1) is 10.0. The van der Waals surface area contributed by atoms with Crippen molar-refractivity contribution in [1.82, 2.24) is 0 Å². The van der Waals surface area contributed by atoms with Gasteiger partial charge in [-0.05, 0) is 28.7 Å². The predicted octanol–water partition coefficient (Wildman–Crippen LogP) is 4.35. The minimum Gasteiger partial charge on any atom is -0.388 e. The molecule has 0 aliphatic rings. The van der Waals surface area contributed by atoms with Gasteiger partial charge in [-0.2, -0.15) is 0 Å². The summed E-state index contributed by atoms with van der Waals surface area (Å²) in [5.41, 5.74) is 9.13. The Hall–Kier alpha value is -1.16. The molecule has 2 unspecified atom stereocenters. The summed E-state index contributed by atoms with van der Waals surface area (Å²) in [7, 11) is 0. The Bertz CT molecular complexity index is 580. The van der Waals surface area contributed by atoms with Crippen LogP contribution in [0.1, 0.15) is 48.5 Å². The average molecular weight is 348 g/mol. The average Bonchev–Trinajstić information content (AvgIpc) is 2.50. The maximum Gasteiger partial charge on any atom is 0.0871 e. The molecule has 0 fully saturated rings. The van der Waals surface area contributed by atoms with Crippen LogP contribution in [0.3, 0.4) is 0 Å².